The largest absolute Gasteiger partial charge is 0.326 e. The third-order valence-electron chi connectivity index (χ3n) is 3.86. The summed E-state index contributed by atoms with van der Waals surface area (Å²) in [6.07, 6.45) is 4.16. The van der Waals surface area contributed by atoms with E-state index in [2.05, 4.69) is 15.9 Å². The summed E-state index contributed by atoms with van der Waals surface area (Å²) in [5.41, 5.74) is 6.50. The molecule has 0 spiro atoms. The molecule has 0 aromatic heterocycles. The van der Waals surface area contributed by atoms with E-state index in [1.54, 1.807) is 22.5 Å². The Kier molecular flexibility index (Phi) is 5.23. The number of nitrogens with two attached hydrogens (primary N) is 1. The molecule has 0 unspecified atom stereocenters. The molecule has 20 heavy (non-hydrogen) atoms. The fourth-order valence-electron chi connectivity index (χ4n) is 2.82. The number of sulfonamides is 1. The van der Waals surface area contributed by atoms with Gasteiger partial charge in [0.2, 0.25) is 10.0 Å². The average molecular weight is 361 g/mol. The summed E-state index contributed by atoms with van der Waals surface area (Å²) >= 11 is 3.37. The Balaban J connectivity index is 2.37. The van der Waals surface area contributed by atoms with Gasteiger partial charge in [-0.3, -0.25) is 0 Å². The van der Waals surface area contributed by atoms with Crippen LogP contribution in [0.25, 0.3) is 0 Å². The molecular weight excluding hydrogens is 340 g/mol. The SMILES string of the molecule is CCN(C1CCCC1)S(=O)(=O)c1ccc(CN)cc1Br. The molecule has 1 aliphatic carbocycles. The van der Waals surface area contributed by atoms with Gasteiger partial charge in [-0.15, -0.1) is 0 Å². The molecule has 0 radical (unpaired) electrons. The van der Waals surface area contributed by atoms with Gasteiger partial charge in [-0.1, -0.05) is 25.8 Å². The minimum Gasteiger partial charge on any atom is -0.326 e. The standard InChI is InChI=1S/C14H21BrN2O2S/c1-2-17(12-5-3-4-6-12)20(18,19)14-8-7-11(10-16)9-13(14)15/h7-9,12H,2-6,10,16H2,1H3. The molecule has 112 valence electrons. The lowest BCUT2D eigenvalue weighted by molar-refractivity contribution is 0.335. The third-order valence-corrected chi connectivity index (χ3v) is 6.87. The van der Waals surface area contributed by atoms with Gasteiger partial charge in [0.15, 0.2) is 0 Å². The van der Waals surface area contributed by atoms with Crippen LogP contribution in [0.2, 0.25) is 0 Å². The second-order valence-corrected chi connectivity index (χ2v) is 7.83. The zero-order valence-electron chi connectivity index (χ0n) is 11.7. The lowest BCUT2D eigenvalue weighted by atomic mass is 10.2. The first-order valence-corrected chi connectivity index (χ1v) is 9.24. The van der Waals surface area contributed by atoms with E-state index in [1.165, 1.54) is 0 Å². The van der Waals surface area contributed by atoms with Gasteiger partial charge >= 0.3 is 0 Å². The van der Waals surface area contributed by atoms with Crippen LogP contribution in [0.15, 0.2) is 27.6 Å². The van der Waals surface area contributed by atoms with E-state index in [1.807, 2.05) is 6.92 Å². The lowest BCUT2D eigenvalue weighted by Crippen LogP contribution is -2.38. The molecule has 1 aromatic carbocycles. The number of rotatable bonds is 5. The van der Waals surface area contributed by atoms with Gasteiger partial charge in [0.1, 0.15) is 0 Å². The molecule has 0 saturated heterocycles. The molecule has 0 atom stereocenters. The van der Waals surface area contributed by atoms with E-state index in [9.17, 15) is 8.42 Å². The summed E-state index contributed by atoms with van der Waals surface area (Å²) in [7, 11) is -3.44. The van der Waals surface area contributed by atoms with Crippen molar-refractivity contribution < 1.29 is 8.42 Å². The van der Waals surface area contributed by atoms with Crippen LogP contribution in [0, 0.1) is 0 Å². The van der Waals surface area contributed by atoms with Crippen LogP contribution >= 0.6 is 15.9 Å². The lowest BCUT2D eigenvalue weighted by Gasteiger charge is -2.27. The van der Waals surface area contributed by atoms with Crippen LogP contribution in [0.5, 0.6) is 0 Å². The fourth-order valence-corrected chi connectivity index (χ4v) is 5.60. The zero-order chi connectivity index (χ0) is 14.8. The Morgan fingerprint density at radius 2 is 2.00 bits per heavy atom. The Labute approximate surface area is 129 Å². The second-order valence-electron chi connectivity index (χ2n) is 5.12. The predicted octanol–water partition coefficient (Wildman–Crippen LogP) is 2.86. The summed E-state index contributed by atoms with van der Waals surface area (Å²) in [5.74, 6) is 0. The summed E-state index contributed by atoms with van der Waals surface area (Å²) in [4.78, 5) is 0.337. The molecule has 6 heteroatoms. The van der Waals surface area contributed by atoms with Gasteiger partial charge in [-0.2, -0.15) is 4.31 Å². The van der Waals surface area contributed by atoms with Crippen LogP contribution in [-0.4, -0.2) is 25.3 Å². The average Bonchev–Trinajstić information content (AvgIpc) is 2.92. The van der Waals surface area contributed by atoms with E-state index in [0.29, 0.717) is 22.5 Å². The van der Waals surface area contributed by atoms with E-state index >= 15 is 0 Å². The number of halogens is 1. The zero-order valence-corrected chi connectivity index (χ0v) is 14.1. The maximum Gasteiger partial charge on any atom is 0.244 e. The van der Waals surface area contributed by atoms with Gasteiger partial charge in [-0.25, -0.2) is 8.42 Å². The van der Waals surface area contributed by atoms with E-state index in [-0.39, 0.29) is 6.04 Å². The molecule has 0 amide bonds. The second kappa shape index (κ2) is 6.56. The molecule has 2 rings (SSSR count). The van der Waals surface area contributed by atoms with Gasteiger partial charge in [0.05, 0.1) is 4.90 Å². The summed E-state index contributed by atoms with van der Waals surface area (Å²) < 4.78 is 27.9. The molecule has 1 fully saturated rings. The first-order valence-electron chi connectivity index (χ1n) is 7.01. The highest BCUT2D eigenvalue weighted by atomic mass is 79.9. The monoisotopic (exact) mass is 360 g/mol. The molecule has 2 N–H and O–H groups in total. The van der Waals surface area contributed by atoms with Crippen LogP contribution in [-0.2, 0) is 16.6 Å². The highest BCUT2D eigenvalue weighted by Crippen LogP contribution is 2.31. The number of benzene rings is 1. The Morgan fingerprint density at radius 3 is 2.50 bits per heavy atom. The topological polar surface area (TPSA) is 63.4 Å². The molecule has 0 heterocycles. The predicted molar refractivity (Wildman–Crippen MR) is 83.9 cm³/mol. The Morgan fingerprint density at radius 1 is 1.35 bits per heavy atom. The molecule has 1 aliphatic rings. The first kappa shape index (κ1) is 15.9. The molecule has 4 nitrogen and oxygen atoms in total. The van der Waals surface area contributed by atoms with Crippen LogP contribution in [0.3, 0.4) is 0 Å². The number of hydrogen-bond acceptors (Lipinski definition) is 3. The van der Waals surface area contributed by atoms with Crippen molar-refractivity contribution in [3.05, 3.63) is 28.2 Å². The van der Waals surface area contributed by atoms with Crippen molar-refractivity contribution in [1.82, 2.24) is 4.31 Å². The Hall–Kier alpha value is -0.430. The van der Waals surface area contributed by atoms with Crippen molar-refractivity contribution in [2.45, 2.75) is 50.1 Å². The summed E-state index contributed by atoms with van der Waals surface area (Å²) in [5, 5.41) is 0. The molecule has 1 saturated carbocycles. The fraction of sp³-hybridized carbons (Fsp3) is 0.571. The van der Waals surface area contributed by atoms with Crippen molar-refractivity contribution in [3.63, 3.8) is 0 Å². The molecule has 1 aromatic rings. The van der Waals surface area contributed by atoms with Gasteiger partial charge in [-0.05, 0) is 46.5 Å². The quantitative estimate of drug-likeness (QED) is 0.877. The summed E-state index contributed by atoms with van der Waals surface area (Å²) in [6, 6.07) is 5.36. The highest BCUT2D eigenvalue weighted by Gasteiger charge is 2.33. The van der Waals surface area contributed by atoms with Crippen molar-refractivity contribution in [1.29, 1.82) is 0 Å². The minimum atomic E-state index is -3.44. The van der Waals surface area contributed by atoms with Gasteiger partial charge in [0, 0.05) is 23.6 Å². The van der Waals surface area contributed by atoms with E-state index < -0.39 is 10.0 Å². The number of hydrogen-bond donors (Lipinski definition) is 1. The third kappa shape index (κ3) is 3.08. The normalized spacial score (nSPS) is 17.0. The molecule has 0 aliphatic heterocycles. The van der Waals surface area contributed by atoms with Crippen molar-refractivity contribution in [2.24, 2.45) is 5.73 Å². The van der Waals surface area contributed by atoms with Crippen LogP contribution < -0.4 is 5.73 Å². The first-order chi connectivity index (χ1) is 9.50. The van der Waals surface area contributed by atoms with Crippen LogP contribution in [0.4, 0.5) is 0 Å². The van der Waals surface area contributed by atoms with Gasteiger partial charge < -0.3 is 5.73 Å². The Bertz CT molecular complexity index is 569. The number of nitrogens with zero attached hydrogens (tertiary/aromatic N) is 1. The van der Waals surface area contributed by atoms with Crippen molar-refractivity contribution >= 4 is 26.0 Å². The molecular formula is C14H21BrN2O2S. The maximum absolute atomic E-state index is 12.8. The summed E-state index contributed by atoms with van der Waals surface area (Å²) in [6.45, 7) is 2.81. The molecule has 0 bridgehead atoms. The smallest absolute Gasteiger partial charge is 0.244 e. The van der Waals surface area contributed by atoms with Crippen LogP contribution in [0.1, 0.15) is 38.2 Å². The minimum absolute atomic E-state index is 0.145. The van der Waals surface area contributed by atoms with Crippen molar-refractivity contribution in [2.75, 3.05) is 6.54 Å². The highest BCUT2D eigenvalue weighted by molar-refractivity contribution is 9.10. The maximum atomic E-state index is 12.8. The van der Waals surface area contributed by atoms with Gasteiger partial charge in [0.25, 0.3) is 0 Å². The van der Waals surface area contributed by atoms with Crippen molar-refractivity contribution in [3.8, 4) is 0 Å². The van der Waals surface area contributed by atoms with E-state index in [0.717, 1.165) is 31.2 Å². The van der Waals surface area contributed by atoms with E-state index in [4.69, 9.17) is 5.73 Å².